The van der Waals surface area contributed by atoms with Crippen molar-refractivity contribution in [2.45, 2.75) is 25.2 Å². The van der Waals surface area contributed by atoms with Crippen LogP contribution in [0.5, 0.6) is 0 Å². The Kier molecular flexibility index (Phi) is 2.63. The zero-order valence-corrected chi connectivity index (χ0v) is 8.79. The lowest BCUT2D eigenvalue weighted by atomic mass is 10.2. The van der Waals surface area contributed by atoms with Crippen molar-refractivity contribution in [3.63, 3.8) is 0 Å². The van der Waals surface area contributed by atoms with Crippen LogP contribution < -0.4 is 4.90 Å². The molecule has 3 nitrogen and oxygen atoms in total. The van der Waals surface area contributed by atoms with Crippen LogP contribution in [0.2, 0.25) is 0 Å². The summed E-state index contributed by atoms with van der Waals surface area (Å²) >= 11 is 0. The molecule has 0 radical (unpaired) electrons. The molecule has 0 bridgehead atoms. The zero-order chi connectivity index (χ0) is 10.9. The van der Waals surface area contributed by atoms with E-state index in [0.29, 0.717) is 13.0 Å². The molecular weight excluding hydrogens is 200 g/mol. The first kappa shape index (κ1) is 10.4. The minimum Gasteiger partial charge on any atom is -0.351 e. The molecule has 1 saturated heterocycles. The number of rotatable bonds is 1. The molecule has 0 aromatic carbocycles. The van der Waals surface area contributed by atoms with Crippen molar-refractivity contribution in [2.24, 2.45) is 7.05 Å². The second kappa shape index (κ2) is 3.79. The fraction of sp³-hybridized carbons (Fsp3) is 0.700. The smallest absolute Gasteiger partial charge is 0.265 e. The van der Waals surface area contributed by atoms with Crippen molar-refractivity contribution in [1.82, 2.24) is 9.78 Å². The number of nitrogens with zero attached hydrogens (tertiary/aromatic N) is 3. The average molecular weight is 215 g/mol. The number of hydrogen-bond acceptors (Lipinski definition) is 2. The first-order valence-electron chi connectivity index (χ1n) is 5.19. The maximum Gasteiger partial charge on any atom is 0.265 e. The monoisotopic (exact) mass is 215 g/mol. The van der Waals surface area contributed by atoms with Gasteiger partial charge in [-0.3, -0.25) is 4.68 Å². The highest BCUT2D eigenvalue weighted by Crippen LogP contribution is 2.28. The highest BCUT2D eigenvalue weighted by Gasteiger charge is 2.34. The zero-order valence-electron chi connectivity index (χ0n) is 8.79. The lowest BCUT2D eigenvalue weighted by Crippen LogP contribution is -2.36. The molecule has 84 valence electrons. The SMILES string of the molecule is Cn1nccc1N1CCCCC(F)(F)C1. The molecule has 1 aliphatic rings. The summed E-state index contributed by atoms with van der Waals surface area (Å²) in [7, 11) is 1.78. The average Bonchev–Trinajstić information content (AvgIpc) is 2.48. The molecule has 15 heavy (non-hydrogen) atoms. The van der Waals surface area contributed by atoms with Crippen molar-refractivity contribution >= 4 is 5.82 Å². The first-order valence-corrected chi connectivity index (χ1v) is 5.19. The van der Waals surface area contributed by atoms with Crippen molar-refractivity contribution < 1.29 is 8.78 Å². The van der Waals surface area contributed by atoms with Crippen LogP contribution in [0, 0.1) is 0 Å². The van der Waals surface area contributed by atoms with E-state index in [0.717, 1.165) is 12.2 Å². The van der Waals surface area contributed by atoms with Crippen molar-refractivity contribution in [1.29, 1.82) is 0 Å². The van der Waals surface area contributed by atoms with Gasteiger partial charge < -0.3 is 4.90 Å². The molecule has 1 fully saturated rings. The summed E-state index contributed by atoms with van der Waals surface area (Å²) in [5, 5.41) is 4.00. The fourth-order valence-corrected chi connectivity index (χ4v) is 2.00. The van der Waals surface area contributed by atoms with Gasteiger partial charge in [0.2, 0.25) is 0 Å². The molecule has 0 amide bonds. The first-order chi connectivity index (χ1) is 7.08. The van der Waals surface area contributed by atoms with E-state index in [2.05, 4.69) is 5.10 Å². The Labute approximate surface area is 87.7 Å². The molecule has 2 rings (SSSR count). The summed E-state index contributed by atoms with van der Waals surface area (Å²) in [6.45, 7) is 0.502. The van der Waals surface area contributed by atoms with E-state index in [1.54, 1.807) is 28.9 Å². The van der Waals surface area contributed by atoms with Crippen molar-refractivity contribution in [2.75, 3.05) is 18.0 Å². The topological polar surface area (TPSA) is 21.1 Å². The molecule has 2 heterocycles. The molecule has 0 unspecified atom stereocenters. The maximum atomic E-state index is 13.4. The number of aromatic nitrogens is 2. The highest BCUT2D eigenvalue weighted by atomic mass is 19.3. The van der Waals surface area contributed by atoms with E-state index in [9.17, 15) is 8.78 Å². The van der Waals surface area contributed by atoms with E-state index in [4.69, 9.17) is 0 Å². The summed E-state index contributed by atoms with van der Waals surface area (Å²) in [5.74, 6) is -1.79. The third-order valence-corrected chi connectivity index (χ3v) is 2.76. The van der Waals surface area contributed by atoms with Gasteiger partial charge in [0.25, 0.3) is 5.92 Å². The van der Waals surface area contributed by atoms with Gasteiger partial charge in [0, 0.05) is 26.1 Å². The van der Waals surface area contributed by atoms with Crippen LogP contribution in [0.15, 0.2) is 12.3 Å². The lowest BCUT2D eigenvalue weighted by molar-refractivity contribution is 0.00328. The summed E-state index contributed by atoms with van der Waals surface area (Å²) in [4.78, 5) is 1.72. The van der Waals surface area contributed by atoms with E-state index in [1.807, 2.05) is 0 Å². The van der Waals surface area contributed by atoms with Crippen molar-refractivity contribution in [3.8, 4) is 0 Å². The van der Waals surface area contributed by atoms with Gasteiger partial charge in [-0.1, -0.05) is 0 Å². The lowest BCUT2D eigenvalue weighted by Gasteiger charge is -2.25. The molecule has 0 aliphatic carbocycles. The minimum atomic E-state index is -2.57. The van der Waals surface area contributed by atoms with Gasteiger partial charge in [-0.25, -0.2) is 8.78 Å². The molecule has 1 aromatic heterocycles. The normalized spacial score (nSPS) is 21.4. The minimum absolute atomic E-state index is 0.00134. The van der Waals surface area contributed by atoms with Gasteiger partial charge in [-0.05, 0) is 12.8 Å². The van der Waals surface area contributed by atoms with Crippen LogP contribution in [-0.4, -0.2) is 28.8 Å². The second-order valence-corrected chi connectivity index (χ2v) is 4.05. The van der Waals surface area contributed by atoms with E-state index < -0.39 is 5.92 Å². The number of aryl methyl sites for hydroxylation is 1. The summed E-state index contributed by atoms with van der Waals surface area (Å²) in [6, 6.07) is 1.78. The molecular formula is C10H15F2N3. The Morgan fingerprint density at radius 3 is 2.87 bits per heavy atom. The van der Waals surface area contributed by atoms with Crippen LogP contribution >= 0.6 is 0 Å². The Bertz CT molecular complexity index is 335. The van der Waals surface area contributed by atoms with Crippen LogP contribution in [0.3, 0.4) is 0 Å². The number of hydrogen-bond donors (Lipinski definition) is 0. The van der Waals surface area contributed by atoms with Gasteiger partial charge in [0.05, 0.1) is 12.7 Å². The fourth-order valence-electron chi connectivity index (χ4n) is 2.00. The standard InChI is InChI=1S/C10H15F2N3/c1-14-9(4-6-13-14)15-7-3-2-5-10(11,12)8-15/h4,6H,2-3,5,7-8H2,1H3. The van der Waals surface area contributed by atoms with E-state index in [1.165, 1.54) is 0 Å². The van der Waals surface area contributed by atoms with Gasteiger partial charge >= 0.3 is 0 Å². The Hall–Kier alpha value is -1.13. The summed E-state index contributed by atoms with van der Waals surface area (Å²) < 4.78 is 28.4. The molecule has 0 spiro atoms. The van der Waals surface area contributed by atoms with Gasteiger partial charge in [0.15, 0.2) is 0 Å². The van der Waals surface area contributed by atoms with Crippen molar-refractivity contribution in [3.05, 3.63) is 12.3 Å². The quantitative estimate of drug-likeness (QED) is 0.714. The van der Waals surface area contributed by atoms with Gasteiger partial charge in [0.1, 0.15) is 5.82 Å². The Morgan fingerprint density at radius 1 is 1.40 bits per heavy atom. The summed E-state index contributed by atoms with van der Waals surface area (Å²) in [5.41, 5.74) is 0. The maximum absolute atomic E-state index is 13.4. The van der Waals surface area contributed by atoms with Crippen LogP contribution in [-0.2, 0) is 7.05 Å². The predicted molar refractivity (Wildman–Crippen MR) is 54.2 cm³/mol. The summed E-state index contributed by atoms with van der Waals surface area (Å²) in [6.07, 6.45) is 3.06. The predicted octanol–water partition coefficient (Wildman–Crippen LogP) is 2.05. The van der Waals surface area contributed by atoms with Crippen LogP contribution in [0.4, 0.5) is 14.6 Å². The second-order valence-electron chi connectivity index (χ2n) is 4.05. The number of anilines is 1. The molecule has 1 aromatic rings. The van der Waals surface area contributed by atoms with Crippen LogP contribution in [0.25, 0.3) is 0 Å². The van der Waals surface area contributed by atoms with E-state index in [-0.39, 0.29) is 13.0 Å². The van der Waals surface area contributed by atoms with Gasteiger partial charge in [-0.2, -0.15) is 5.10 Å². The van der Waals surface area contributed by atoms with E-state index >= 15 is 0 Å². The Balaban J connectivity index is 2.18. The molecule has 0 saturated carbocycles. The highest BCUT2D eigenvalue weighted by molar-refractivity contribution is 5.38. The van der Waals surface area contributed by atoms with Gasteiger partial charge in [-0.15, -0.1) is 0 Å². The molecule has 0 N–H and O–H groups in total. The largest absolute Gasteiger partial charge is 0.351 e. The number of alkyl halides is 2. The third-order valence-electron chi connectivity index (χ3n) is 2.76. The molecule has 0 atom stereocenters. The molecule has 1 aliphatic heterocycles. The van der Waals surface area contributed by atoms with Crippen LogP contribution in [0.1, 0.15) is 19.3 Å². The third kappa shape index (κ3) is 2.27. The Morgan fingerprint density at radius 2 is 2.20 bits per heavy atom. The number of halogens is 2. The molecule has 5 heteroatoms.